The minimum Gasteiger partial charge on any atom is -0.494 e. The third kappa shape index (κ3) is 3.34. The van der Waals surface area contributed by atoms with E-state index in [-0.39, 0.29) is 12.3 Å². The third-order valence-corrected chi connectivity index (χ3v) is 5.12. The van der Waals surface area contributed by atoms with E-state index in [2.05, 4.69) is 10.1 Å². The molecule has 0 N–H and O–H groups in total. The van der Waals surface area contributed by atoms with E-state index < -0.39 is 5.56 Å². The Hall–Kier alpha value is -3.26. The smallest absolute Gasteiger partial charge is 0.294 e. The van der Waals surface area contributed by atoms with Gasteiger partial charge in [0.1, 0.15) is 18.0 Å². The first-order valence-electron chi connectivity index (χ1n) is 8.75. The molecule has 4 aromatic rings. The summed E-state index contributed by atoms with van der Waals surface area (Å²) in [5.41, 5.74) is 0.883. The molecule has 0 aliphatic heterocycles. The number of aromatic nitrogens is 3. The summed E-state index contributed by atoms with van der Waals surface area (Å²) < 4.78 is 12.7. The van der Waals surface area contributed by atoms with E-state index in [0.29, 0.717) is 39.6 Å². The molecule has 1 aromatic carbocycles. The molecule has 0 radical (unpaired) electrons. The molecule has 3 aromatic heterocycles. The SMILES string of the molecule is CCOc1ccc(C(=O)Cn2nc(-c3ccco3)c3sc(C)nc3c2=O)cc1. The van der Waals surface area contributed by atoms with E-state index in [1.165, 1.54) is 17.6 Å². The Morgan fingerprint density at radius 3 is 2.71 bits per heavy atom. The third-order valence-electron chi connectivity index (χ3n) is 4.14. The topological polar surface area (TPSA) is 87.2 Å². The molecule has 0 saturated heterocycles. The van der Waals surface area contributed by atoms with E-state index in [4.69, 9.17) is 9.15 Å². The number of aryl methyl sites for hydroxylation is 1. The maximum atomic E-state index is 12.8. The largest absolute Gasteiger partial charge is 0.494 e. The first-order valence-corrected chi connectivity index (χ1v) is 9.56. The van der Waals surface area contributed by atoms with Crippen molar-refractivity contribution in [3.63, 3.8) is 0 Å². The van der Waals surface area contributed by atoms with E-state index >= 15 is 0 Å². The average Bonchev–Trinajstić information content (AvgIpc) is 3.35. The van der Waals surface area contributed by atoms with E-state index in [1.54, 1.807) is 36.4 Å². The molecule has 0 atom stereocenters. The highest BCUT2D eigenvalue weighted by Gasteiger charge is 2.19. The normalized spacial score (nSPS) is 11.1. The number of carbonyl (C=O) groups is 1. The Morgan fingerprint density at radius 1 is 1.25 bits per heavy atom. The lowest BCUT2D eigenvalue weighted by molar-refractivity contribution is 0.0966. The van der Waals surface area contributed by atoms with Crippen LogP contribution in [-0.4, -0.2) is 27.2 Å². The number of benzene rings is 1. The second-order valence-corrected chi connectivity index (χ2v) is 7.28. The highest BCUT2D eigenvalue weighted by Crippen LogP contribution is 2.29. The first-order chi connectivity index (χ1) is 13.6. The molecule has 0 bridgehead atoms. The fraction of sp³-hybridized carbons (Fsp3) is 0.200. The van der Waals surface area contributed by atoms with Crippen molar-refractivity contribution in [3.8, 4) is 17.2 Å². The number of furan rings is 1. The molecule has 3 heterocycles. The van der Waals surface area contributed by atoms with Crippen molar-refractivity contribution in [2.75, 3.05) is 6.61 Å². The molecule has 0 amide bonds. The van der Waals surface area contributed by atoms with Crippen LogP contribution in [0.15, 0.2) is 51.9 Å². The van der Waals surface area contributed by atoms with Crippen LogP contribution in [0.25, 0.3) is 21.7 Å². The number of ether oxygens (including phenoxy) is 1. The zero-order valence-corrected chi connectivity index (χ0v) is 16.2. The molecule has 0 aliphatic carbocycles. The summed E-state index contributed by atoms with van der Waals surface area (Å²) in [7, 11) is 0. The van der Waals surface area contributed by atoms with Gasteiger partial charge in [-0.15, -0.1) is 11.3 Å². The van der Waals surface area contributed by atoms with Crippen molar-refractivity contribution in [3.05, 3.63) is 63.6 Å². The number of carbonyl (C=O) groups excluding carboxylic acids is 1. The predicted molar refractivity (Wildman–Crippen MR) is 106 cm³/mol. The van der Waals surface area contributed by atoms with Crippen LogP contribution in [-0.2, 0) is 6.54 Å². The Morgan fingerprint density at radius 2 is 2.04 bits per heavy atom. The predicted octanol–water partition coefficient (Wildman–Crippen LogP) is 3.70. The molecule has 28 heavy (non-hydrogen) atoms. The molecule has 4 rings (SSSR count). The van der Waals surface area contributed by atoms with Crippen molar-refractivity contribution >= 4 is 27.3 Å². The van der Waals surface area contributed by atoms with Crippen LogP contribution in [0.4, 0.5) is 0 Å². The summed E-state index contributed by atoms with van der Waals surface area (Å²) in [5.74, 6) is 0.985. The van der Waals surface area contributed by atoms with Crippen molar-refractivity contribution in [1.29, 1.82) is 0 Å². The van der Waals surface area contributed by atoms with Crippen LogP contribution in [0.3, 0.4) is 0 Å². The van der Waals surface area contributed by atoms with Gasteiger partial charge in [0.2, 0.25) is 0 Å². The lowest BCUT2D eigenvalue weighted by Crippen LogP contribution is -2.27. The number of Topliss-reactive ketones (excluding diaryl/α,β-unsaturated/α-hetero) is 1. The van der Waals surface area contributed by atoms with Crippen LogP contribution < -0.4 is 10.3 Å². The monoisotopic (exact) mass is 395 g/mol. The molecule has 142 valence electrons. The lowest BCUT2D eigenvalue weighted by atomic mass is 10.1. The van der Waals surface area contributed by atoms with Gasteiger partial charge in [-0.1, -0.05) is 0 Å². The summed E-state index contributed by atoms with van der Waals surface area (Å²) in [6, 6.07) is 10.3. The number of rotatable bonds is 6. The zero-order valence-electron chi connectivity index (χ0n) is 15.3. The molecule has 0 aliphatic rings. The summed E-state index contributed by atoms with van der Waals surface area (Å²) >= 11 is 1.38. The van der Waals surface area contributed by atoms with E-state index in [9.17, 15) is 9.59 Å². The highest BCUT2D eigenvalue weighted by molar-refractivity contribution is 7.19. The van der Waals surface area contributed by atoms with Crippen molar-refractivity contribution in [2.45, 2.75) is 20.4 Å². The molecule has 8 heteroatoms. The minimum absolute atomic E-state index is 0.187. The fourth-order valence-corrected chi connectivity index (χ4v) is 3.78. The summed E-state index contributed by atoms with van der Waals surface area (Å²) in [5, 5.41) is 5.15. The zero-order chi connectivity index (χ0) is 19.7. The van der Waals surface area contributed by atoms with E-state index in [0.717, 1.165) is 9.69 Å². The molecular weight excluding hydrogens is 378 g/mol. The van der Waals surface area contributed by atoms with Gasteiger partial charge in [0, 0.05) is 5.56 Å². The van der Waals surface area contributed by atoms with Crippen LogP contribution in [0.2, 0.25) is 0 Å². The van der Waals surface area contributed by atoms with Crippen LogP contribution in [0, 0.1) is 6.92 Å². The second-order valence-electron chi connectivity index (χ2n) is 6.08. The van der Waals surface area contributed by atoms with Gasteiger partial charge in [0.05, 0.1) is 22.6 Å². The van der Waals surface area contributed by atoms with Gasteiger partial charge in [-0.2, -0.15) is 5.10 Å². The number of thiazole rings is 1. The highest BCUT2D eigenvalue weighted by atomic mass is 32.1. The van der Waals surface area contributed by atoms with Gasteiger partial charge >= 0.3 is 0 Å². The summed E-state index contributed by atoms with van der Waals surface area (Å²) in [6.45, 7) is 4.08. The van der Waals surface area contributed by atoms with Gasteiger partial charge < -0.3 is 9.15 Å². The summed E-state index contributed by atoms with van der Waals surface area (Å²) in [4.78, 5) is 29.8. The minimum atomic E-state index is -0.394. The number of nitrogens with zero attached hydrogens (tertiary/aromatic N) is 3. The molecule has 0 unspecified atom stereocenters. The van der Waals surface area contributed by atoms with Gasteiger partial charge in [-0.25, -0.2) is 9.67 Å². The fourth-order valence-electron chi connectivity index (χ4n) is 2.88. The molecular formula is C20H17N3O4S. The maximum absolute atomic E-state index is 12.8. The second kappa shape index (κ2) is 7.40. The maximum Gasteiger partial charge on any atom is 0.294 e. The Kier molecular flexibility index (Phi) is 4.79. The number of fused-ring (bicyclic) bond motifs is 1. The number of hydrogen-bond acceptors (Lipinski definition) is 7. The number of ketones is 1. The Bertz CT molecular complexity index is 1190. The standard InChI is InChI=1S/C20H17N3O4S/c1-3-26-14-8-6-13(7-9-14)15(24)11-23-20(25)18-19(28-12(2)21-18)17(22-23)16-5-4-10-27-16/h4-10H,3,11H2,1-2H3. The van der Waals surface area contributed by atoms with Gasteiger partial charge in [-0.3, -0.25) is 9.59 Å². The van der Waals surface area contributed by atoms with Crippen LogP contribution in [0.5, 0.6) is 5.75 Å². The van der Waals surface area contributed by atoms with Crippen molar-refractivity contribution < 1.29 is 13.9 Å². The molecule has 7 nitrogen and oxygen atoms in total. The number of hydrogen-bond donors (Lipinski definition) is 0. The average molecular weight is 395 g/mol. The molecule has 0 spiro atoms. The lowest BCUT2D eigenvalue weighted by Gasteiger charge is -2.08. The van der Waals surface area contributed by atoms with Crippen LogP contribution >= 0.6 is 11.3 Å². The Balaban J connectivity index is 1.73. The Labute approximate surface area is 164 Å². The van der Waals surface area contributed by atoms with E-state index in [1.807, 2.05) is 13.8 Å². The molecule has 0 fully saturated rings. The molecule has 0 saturated carbocycles. The van der Waals surface area contributed by atoms with Gasteiger partial charge in [0.25, 0.3) is 5.56 Å². The first kappa shape index (κ1) is 18.1. The van der Waals surface area contributed by atoms with Gasteiger partial charge in [-0.05, 0) is 50.2 Å². The van der Waals surface area contributed by atoms with Crippen molar-refractivity contribution in [1.82, 2.24) is 14.8 Å². The van der Waals surface area contributed by atoms with Crippen LogP contribution in [0.1, 0.15) is 22.3 Å². The quantitative estimate of drug-likeness (QED) is 0.463. The van der Waals surface area contributed by atoms with Gasteiger partial charge in [0.15, 0.2) is 17.1 Å². The summed E-state index contributed by atoms with van der Waals surface area (Å²) in [6.07, 6.45) is 1.54. The van der Waals surface area contributed by atoms with Crippen molar-refractivity contribution in [2.24, 2.45) is 0 Å².